The third kappa shape index (κ3) is 2.68. The summed E-state index contributed by atoms with van der Waals surface area (Å²) in [4.78, 5) is 9.30. The van der Waals surface area contributed by atoms with Gasteiger partial charge in [0.15, 0.2) is 5.75 Å². The maximum absolute atomic E-state index is 13.6. The van der Waals surface area contributed by atoms with Gasteiger partial charge in [-0.05, 0) is 31.3 Å². The van der Waals surface area contributed by atoms with Crippen LogP contribution in [0.1, 0.15) is 5.56 Å². The number of hydrogen-bond acceptors (Lipinski definition) is 4. The number of hydrogen-bond donors (Lipinski definition) is 0. The molecular weight excluding hydrogens is 293 g/mol. The summed E-state index contributed by atoms with van der Waals surface area (Å²) < 4.78 is 19.6. The van der Waals surface area contributed by atoms with Crippen molar-refractivity contribution in [2.45, 2.75) is 0 Å². The summed E-state index contributed by atoms with van der Waals surface area (Å²) in [5.41, 5.74) is 1.49. The number of benzene rings is 2. The second kappa shape index (κ2) is 5.66. The highest BCUT2D eigenvalue weighted by Crippen LogP contribution is 2.38. The fraction of sp³-hybridized carbons (Fsp3) is 0.278. The highest BCUT2D eigenvalue weighted by atomic mass is 19.1. The molecule has 0 unspecified atom stereocenters. The van der Waals surface area contributed by atoms with E-state index < -0.39 is 0 Å². The Labute approximate surface area is 134 Å². The molecule has 0 amide bonds. The van der Waals surface area contributed by atoms with Gasteiger partial charge in [-0.1, -0.05) is 12.1 Å². The first-order valence-corrected chi connectivity index (χ1v) is 7.80. The molecule has 4 nitrogen and oxygen atoms in total. The Hall–Kier alpha value is -2.40. The summed E-state index contributed by atoms with van der Waals surface area (Å²) in [5, 5.41) is 0. The maximum atomic E-state index is 13.6. The summed E-state index contributed by atoms with van der Waals surface area (Å²) in [5.74, 6) is 1.90. The molecule has 0 spiro atoms. The lowest BCUT2D eigenvalue weighted by Crippen LogP contribution is -2.47. The zero-order chi connectivity index (χ0) is 15.8. The molecular formula is C18H18FN3O. The lowest BCUT2D eigenvalue weighted by molar-refractivity contribution is 0.215. The van der Waals surface area contributed by atoms with E-state index >= 15 is 0 Å². The average molecular weight is 311 g/mol. The monoisotopic (exact) mass is 311 g/mol. The zero-order valence-corrected chi connectivity index (χ0v) is 13.0. The number of nitrogens with zero attached hydrogens (tertiary/aromatic N) is 3. The number of halogens is 1. The molecule has 2 aromatic carbocycles. The third-order valence-corrected chi connectivity index (χ3v) is 4.30. The van der Waals surface area contributed by atoms with E-state index in [0.717, 1.165) is 43.3 Å². The van der Waals surface area contributed by atoms with Crippen LogP contribution in [0.5, 0.6) is 11.5 Å². The van der Waals surface area contributed by atoms with Crippen LogP contribution in [0.25, 0.3) is 0 Å². The van der Waals surface area contributed by atoms with Crippen molar-refractivity contribution >= 4 is 11.5 Å². The SMILES string of the molecule is CN1CCN(C2=Nc3cc(F)ccc3Oc3ccccc32)CC1. The van der Waals surface area contributed by atoms with Crippen molar-refractivity contribution in [3.63, 3.8) is 0 Å². The number of para-hydroxylation sites is 1. The maximum Gasteiger partial charge on any atom is 0.153 e. The Kier molecular flexibility index (Phi) is 3.50. The first-order chi connectivity index (χ1) is 11.2. The van der Waals surface area contributed by atoms with Crippen molar-refractivity contribution in [2.75, 3.05) is 33.2 Å². The topological polar surface area (TPSA) is 28.1 Å². The molecule has 4 rings (SSSR count). The van der Waals surface area contributed by atoms with Crippen molar-refractivity contribution in [2.24, 2.45) is 4.99 Å². The molecule has 0 radical (unpaired) electrons. The van der Waals surface area contributed by atoms with Gasteiger partial charge in [0.05, 0.1) is 5.56 Å². The molecule has 2 aliphatic heterocycles. The summed E-state index contributed by atoms with van der Waals surface area (Å²) in [6.07, 6.45) is 0. The third-order valence-electron chi connectivity index (χ3n) is 4.30. The van der Waals surface area contributed by atoms with E-state index in [4.69, 9.17) is 9.73 Å². The normalized spacial score (nSPS) is 17.7. The van der Waals surface area contributed by atoms with Gasteiger partial charge in [0.25, 0.3) is 0 Å². The van der Waals surface area contributed by atoms with Gasteiger partial charge in [-0.15, -0.1) is 0 Å². The van der Waals surface area contributed by atoms with Crippen LogP contribution in [-0.2, 0) is 0 Å². The smallest absolute Gasteiger partial charge is 0.153 e. The minimum Gasteiger partial charge on any atom is -0.454 e. The molecule has 2 heterocycles. The van der Waals surface area contributed by atoms with Crippen molar-refractivity contribution in [3.05, 3.63) is 53.8 Å². The summed E-state index contributed by atoms with van der Waals surface area (Å²) >= 11 is 0. The molecule has 0 N–H and O–H groups in total. The minimum atomic E-state index is -0.306. The summed E-state index contributed by atoms with van der Waals surface area (Å²) in [7, 11) is 2.12. The molecule has 0 aliphatic carbocycles. The lowest BCUT2D eigenvalue weighted by atomic mass is 10.1. The predicted molar refractivity (Wildman–Crippen MR) is 88.2 cm³/mol. The second-order valence-corrected chi connectivity index (χ2v) is 5.94. The molecule has 2 aromatic rings. The van der Waals surface area contributed by atoms with Gasteiger partial charge in [0, 0.05) is 32.2 Å². The standard InChI is InChI=1S/C18H18FN3O/c1-21-8-10-22(11-9-21)18-14-4-2-3-5-16(14)23-17-7-6-13(19)12-15(17)20-18/h2-7,12H,8-11H2,1H3. The van der Waals surface area contributed by atoms with Crippen LogP contribution in [0.4, 0.5) is 10.1 Å². The van der Waals surface area contributed by atoms with Gasteiger partial charge in [0.2, 0.25) is 0 Å². The van der Waals surface area contributed by atoms with Crippen LogP contribution in [-0.4, -0.2) is 48.9 Å². The van der Waals surface area contributed by atoms with Crippen molar-refractivity contribution in [3.8, 4) is 11.5 Å². The molecule has 1 fully saturated rings. The average Bonchev–Trinajstić information content (AvgIpc) is 2.72. The number of aliphatic imine (C=N–C) groups is 1. The van der Waals surface area contributed by atoms with E-state index in [1.165, 1.54) is 12.1 Å². The molecule has 0 atom stereocenters. The van der Waals surface area contributed by atoms with E-state index in [9.17, 15) is 4.39 Å². The van der Waals surface area contributed by atoms with Gasteiger partial charge >= 0.3 is 0 Å². The molecule has 0 saturated carbocycles. The van der Waals surface area contributed by atoms with Crippen LogP contribution in [0.2, 0.25) is 0 Å². The Morgan fingerprint density at radius 2 is 1.78 bits per heavy atom. The predicted octanol–water partition coefficient (Wildman–Crippen LogP) is 3.26. The Bertz CT molecular complexity index is 767. The molecule has 118 valence electrons. The summed E-state index contributed by atoms with van der Waals surface area (Å²) in [6, 6.07) is 12.3. The van der Waals surface area contributed by atoms with Gasteiger partial charge in [-0.3, -0.25) is 0 Å². The van der Waals surface area contributed by atoms with Gasteiger partial charge in [0.1, 0.15) is 23.1 Å². The highest BCUT2D eigenvalue weighted by Gasteiger charge is 2.24. The van der Waals surface area contributed by atoms with Crippen LogP contribution in [0, 0.1) is 5.82 Å². The zero-order valence-electron chi connectivity index (χ0n) is 13.0. The first-order valence-electron chi connectivity index (χ1n) is 7.80. The Balaban J connectivity index is 1.83. The molecule has 5 heteroatoms. The van der Waals surface area contributed by atoms with E-state index in [-0.39, 0.29) is 5.82 Å². The minimum absolute atomic E-state index is 0.306. The number of piperazine rings is 1. The fourth-order valence-electron chi connectivity index (χ4n) is 2.96. The van der Waals surface area contributed by atoms with E-state index in [1.807, 2.05) is 24.3 Å². The number of ether oxygens (including phenoxy) is 1. The molecule has 23 heavy (non-hydrogen) atoms. The number of fused-ring (bicyclic) bond motifs is 2. The molecule has 0 bridgehead atoms. The van der Waals surface area contributed by atoms with Crippen LogP contribution < -0.4 is 4.74 Å². The Morgan fingerprint density at radius 1 is 1.00 bits per heavy atom. The second-order valence-electron chi connectivity index (χ2n) is 5.94. The van der Waals surface area contributed by atoms with Crippen LogP contribution in [0.15, 0.2) is 47.5 Å². The Morgan fingerprint density at radius 3 is 2.61 bits per heavy atom. The van der Waals surface area contributed by atoms with E-state index in [1.54, 1.807) is 6.07 Å². The van der Waals surface area contributed by atoms with Gasteiger partial charge in [-0.2, -0.15) is 0 Å². The largest absolute Gasteiger partial charge is 0.454 e. The van der Waals surface area contributed by atoms with Crippen molar-refractivity contribution in [1.82, 2.24) is 9.80 Å². The fourth-order valence-corrected chi connectivity index (χ4v) is 2.96. The first kappa shape index (κ1) is 14.2. The molecule has 0 aromatic heterocycles. The van der Waals surface area contributed by atoms with Crippen molar-refractivity contribution < 1.29 is 9.13 Å². The van der Waals surface area contributed by atoms with E-state index in [2.05, 4.69) is 16.8 Å². The van der Waals surface area contributed by atoms with Crippen molar-refractivity contribution in [1.29, 1.82) is 0 Å². The highest BCUT2D eigenvalue weighted by molar-refractivity contribution is 6.03. The number of rotatable bonds is 0. The van der Waals surface area contributed by atoms with Crippen LogP contribution in [0.3, 0.4) is 0 Å². The van der Waals surface area contributed by atoms with E-state index in [0.29, 0.717) is 11.4 Å². The molecule has 2 aliphatic rings. The lowest BCUT2D eigenvalue weighted by Gasteiger charge is -2.34. The molecule has 1 saturated heterocycles. The summed E-state index contributed by atoms with van der Waals surface area (Å²) in [6.45, 7) is 3.76. The number of likely N-dealkylation sites (N-methyl/N-ethyl adjacent to an activating group) is 1. The van der Waals surface area contributed by atoms with Crippen LogP contribution >= 0.6 is 0 Å². The van der Waals surface area contributed by atoms with Gasteiger partial charge < -0.3 is 14.5 Å². The number of amidine groups is 1. The quantitative estimate of drug-likeness (QED) is 0.747. The van der Waals surface area contributed by atoms with Gasteiger partial charge in [-0.25, -0.2) is 9.38 Å².